The van der Waals surface area contributed by atoms with E-state index in [1.54, 1.807) is 23.5 Å². The van der Waals surface area contributed by atoms with Crippen molar-refractivity contribution in [1.82, 2.24) is 5.32 Å². The van der Waals surface area contributed by atoms with Crippen LogP contribution in [0.15, 0.2) is 41.8 Å². The lowest BCUT2D eigenvalue weighted by Crippen LogP contribution is -2.45. The highest BCUT2D eigenvalue weighted by atomic mass is 32.1. The molecule has 0 spiro atoms. The number of hydrogen-bond acceptors (Lipinski definition) is 4. The molecule has 122 valence electrons. The third-order valence-corrected chi connectivity index (χ3v) is 4.95. The Labute approximate surface area is 140 Å². The van der Waals surface area contributed by atoms with E-state index in [1.165, 1.54) is 0 Å². The molecule has 0 bridgehead atoms. The summed E-state index contributed by atoms with van der Waals surface area (Å²) in [5.74, 6) is 0.521. The van der Waals surface area contributed by atoms with Gasteiger partial charge < -0.3 is 15.2 Å². The summed E-state index contributed by atoms with van der Waals surface area (Å²) in [7, 11) is 0. The zero-order chi connectivity index (χ0) is 16.1. The second kappa shape index (κ2) is 7.62. The number of thiophene rings is 1. The molecule has 3 rings (SSSR count). The van der Waals surface area contributed by atoms with E-state index in [2.05, 4.69) is 5.32 Å². The summed E-state index contributed by atoms with van der Waals surface area (Å²) in [5.41, 5.74) is 0.562. The fourth-order valence-corrected chi connectivity index (χ4v) is 3.42. The number of aliphatic hydroxyl groups is 1. The number of carbonyl (C=O) groups is 1. The Morgan fingerprint density at radius 2 is 2.13 bits per heavy atom. The van der Waals surface area contributed by atoms with Crippen LogP contribution in [0.2, 0.25) is 0 Å². The number of hydrogen-bond donors (Lipinski definition) is 2. The highest BCUT2D eigenvalue weighted by molar-refractivity contribution is 7.09. The monoisotopic (exact) mass is 331 g/mol. The molecule has 1 amide bonds. The highest BCUT2D eigenvalue weighted by Gasteiger charge is 2.24. The minimum atomic E-state index is -0.439. The SMILES string of the molecule is O=C(NC1CCCCC1O)c1cccc(OCc2cccs2)c1. The van der Waals surface area contributed by atoms with Gasteiger partial charge in [0.1, 0.15) is 12.4 Å². The van der Waals surface area contributed by atoms with Crippen LogP contribution in [-0.2, 0) is 6.61 Å². The van der Waals surface area contributed by atoms with E-state index in [1.807, 2.05) is 29.6 Å². The van der Waals surface area contributed by atoms with Crippen LogP contribution in [0.1, 0.15) is 40.9 Å². The van der Waals surface area contributed by atoms with Crippen molar-refractivity contribution >= 4 is 17.2 Å². The second-order valence-corrected chi connectivity index (χ2v) is 6.86. The van der Waals surface area contributed by atoms with E-state index < -0.39 is 6.10 Å². The number of carbonyl (C=O) groups excluding carboxylic acids is 1. The number of ether oxygens (including phenoxy) is 1. The molecular formula is C18H21NO3S. The van der Waals surface area contributed by atoms with Gasteiger partial charge in [-0.1, -0.05) is 25.0 Å². The zero-order valence-corrected chi connectivity index (χ0v) is 13.7. The average molecular weight is 331 g/mol. The van der Waals surface area contributed by atoms with E-state index in [9.17, 15) is 9.90 Å². The molecule has 4 nitrogen and oxygen atoms in total. The van der Waals surface area contributed by atoms with E-state index >= 15 is 0 Å². The van der Waals surface area contributed by atoms with Crippen LogP contribution in [-0.4, -0.2) is 23.2 Å². The molecule has 5 heteroatoms. The van der Waals surface area contributed by atoms with Crippen LogP contribution >= 0.6 is 11.3 Å². The van der Waals surface area contributed by atoms with Gasteiger partial charge in [-0.15, -0.1) is 11.3 Å². The summed E-state index contributed by atoms with van der Waals surface area (Å²) in [6.45, 7) is 0.504. The van der Waals surface area contributed by atoms with Crippen molar-refractivity contribution in [3.05, 3.63) is 52.2 Å². The molecule has 1 aromatic heterocycles. The van der Waals surface area contributed by atoms with Gasteiger partial charge in [0, 0.05) is 10.4 Å². The molecule has 2 atom stereocenters. The standard InChI is InChI=1S/C18H21NO3S/c20-17-9-2-1-8-16(17)19-18(21)13-5-3-6-14(11-13)22-12-15-7-4-10-23-15/h3-7,10-11,16-17,20H,1-2,8-9,12H2,(H,19,21). The number of nitrogens with one attached hydrogen (secondary N) is 1. The minimum Gasteiger partial charge on any atom is -0.488 e. The molecule has 0 radical (unpaired) electrons. The maximum absolute atomic E-state index is 12.4. The third-order valence-electron chi connectivity index (χ3n) is 4.10. The summed E-state index contributed by atoms with van der Waals surface area (Å²) in [6.07, 6.45) is 3.23. The lowest BCUT2D eigenvalue weighted by Gasteiger charge is -2.28. The molecule has 1 aliphatic carbocycles. The predicted octanol–water partition coefficient (Wildman–Crippen LogP) is 3.36. The van der Waals surface area contributed by atoms with E-state index in [-0.39, 0.29) is 11.9 Å². The first kappa shape index (κ1) is 16.0. The minimum absolute atomic E-state index is 0.146. The molecule has 1 saturated carbocycles. The van der Waals surface area contributed by atoms with Crippen LogP contribution in [0.25, 0.3) is 0 Å². The molecule has 0 saturated heterocycles. The fourth-order valence-electron chi connectivity index (χ4n) is 2.81. The summed E-state index contributed by atoms with van der Waals surface area (Å²) >= 11 is 1.64. The van der Waals surface area contributed by atoms with Gasteiger partial charge in [-0.3, -0.25) is 4.79 Å². The quantitative estimate of drug-likeness (QED) is 0.883. The zero-order valence-electron chi connectivity index (χ0n) is 12.9. The van der Waals surface area contributed by atoms with Crippen molar-refractivity contribution in [3.8, 4) is 5.75 Å². The topological polar surface area (TPSA) is 58.6 Å². The van der Waals surface area contributed by atoms with Gasteiger partial charge in [-0.05, 0) is 42.5 Å². The molecule has 1 fully saturated rings. The Balaban J connectivity index is 1.60. The van der Waals surface area contributed by atoms with E-state index in [0.717, 1.165) is 30.6 Å². The maximum Gasteiger partial charge on any atom is 0.251 e. The first-order valence-electron chi connectivity index (χ1n) is 7.96. The van der Waals surface area contributed by atoms with Gasteiger partial charge in [-0.25, -0.2) is 0 Å². The Morgan fingerprint density at radius 3 is 2.91 bits per heavy atom. The fraction of sp³-hybridized carbons (Fsp3) is 0.389. The van der Waals surface area contributed by atoms with Crippen molar-refractivity contribution in [1.29, 1.82) is 0 Å². The Bertz CT molecular complexity index is 641. The third kappa shape index (κ3) is 4.33. The van der Waals surface area contributed by atoms with Crippen molar-refractivity contribution < 1.29 is 14.6 Å². The first-order valence-corrected chi connectivity index (χ1v) is 8.84. The molecular weight excluding hydrogens is 310 g/mol. The van der Waals surface area contributed by atoms with Gasteiger partial charge in [0.25, 0.3) is 5.91 Å². The van der Waals surface area contributed by atoms with Gasteiger partial charge in [0.05, 0.1) is 12.1 Å². The van der Waals surface area contributed by atoms with Crippen LogP contribution in [0, 0.1) is 0 Å². The molecule has 1 aliphatic rings. The van der Waals surface area contributed by atoms with Crippen molar-refractivity contribution in [2.45, 2.75) is 44.4 Å². The van der Waals surface area contributed by atoms with Crippen molar-refractivity contribution in [3.63, 3.8) is 0 Å². The smallest absolute Gasteiger partial charge is 0.251 e. The Kier molecular flexibility index (Phi) is 5.31. The Hall–Kier alpha value is -1.85. The summed E-state index contributed by atoms with van der Waals surface area (Å²) in [6, 6.07) is 11.0. The summed E-state index contributed by atoms with van der Waals surface area (Å²) < 4.78 is 5.73. The first-order chi connectivity index (χ1) is 11.2. The molecule has 1 aromatic carbocycles. The maximum atomic E-state index is 12.4. The van der Waals surface area contributed by atoms with Gasteiger partial charge >= 0.3 is 0 Å². The Morgan fingerprint density at radius 1 is 1.26 bits per heavy atom. The van der Waals surface area contributed by atoms with Crippen LogP contribution < -0.4 is 10.1 Å². The molecule has 2 unspecified atom stereocenters. The molecule has 2 aromatic rings. The molecule has 0 aliphatic heterocycles. The summed E-state index contributed by atoms with van der Waals surface area (Å²) in [4.78, 5) is 13.5. The lowest BCUT2D eigenvalue weighted by atomic mass is 9.92. The van der Waals surface area contributed by atoms with Gasteiger partial charge in [0.2, 0.25) is 0 Å². The lowest BCUT2D eigenvalue weighted by molar-refractivity contribution is 0.0717. The average Bonchev–Trinajstić information content (AvgIpc) is 3.09. The van der Waals surface area contributed by atoms with Crippen LogP contribution in [0.4, 0.5) is 0 Å². The van der Waals surface area contributed by atoms with E-state index in [0.29, 0.717) is 17.9 Å². The number of aliphatic hydroxyl groups excluding tert-OH is 1. The van der Waals surface area contributed by atoms with E-state index in [4.69, 9.17) is 4.74 Å². The number of rotatable bonds is 5. The molecule has 1 heterocycles. The predicted molar refractivity (Wildman–Crippen MR) is 90.8 cm³/mol. The van der Waals surface area contributed by atoms with Crippen molar-refractivity contribution in [2.75, 3.05) is 0 Å². The number of benzene rings is 1. The highest BCUT2D eigenvalue weighted by Crippen LogP contribution is 2.20. The van der Waals surface area contributed by atoms with Crippen LogP contribution in [0.3, 0.4) is 0 Å². The largest absolute Gasteiger partial charge is 0.488 e. The van der Waals surface area contributed by atoms with Gasteiger partial charge in [0.15, 0.2) is 0 Å². The van der Waals surface area contributed by atoms with Crippen molar-refractivity contribution in [2.24, 2.45) is 0 Å². The summed E-state index contributed by atoms with van der Waals surface area (Å²) in [5, 5.41) is 14.9. The second-order valence-electron chi connectivity index (χ2n) is 5.83. The number of amides is 1. The molecule has 23 heavy (non-hydrogen) atoms. The van der Waals surface area contributed by atoms with Crippen LogP contribution in [0.5, 0.6) is 5.75 Å². The normalized spacial score (nSPS) is 20.9. The van der Waals surface area contributed by atoms with Gasteiger partial charge in [-0.2, -0.15) is 0 Å². The molecule has 2 N–H and O–H groups in total.